The molecule has 2 nitrogen and oxygen atoms in total. The van der Waals surface area contributed by atoms with Gasteiger partial charge in [-0.25, -0.2) is 0 Å². The molecule has 1 fully saturated rings. The molecule has 2 atom stereocenters. The third-order valence-electron chi connectivity index (χ3n) is 3.22. The fourth-order valence-corrected chi connectivity index (χ4v) is 3.43. The minimum absolute atomic E-state index is 0.0553. The Kier molecular flexibility index (Phi) is 6.58. The van der Waals surface area contributed by atoms with Gasteiger partial charge in [0.15, 0.2) is 6.29 Å². The molecule has 1 aliphatic heterocycles. The second-order valence-electron chi connectivity index (χ2n) is 4.52. The largest absolute Gasteiger partial charge is 0.353 e. The second kappa shape index (κ2) is 7.95. The molecular formula is C15H18I2O2. The molecule has 4 heteroatoms. The van der Waals surface area contributed by atoms with Crippen LogP contribution in [0.1, 0.15) is 25.3 Å². The zero-order valence-corrected chi connectivity index (χ0v) is 15.3. The number of halogens is 2. The highest BCUT2D eigenvalue weighted by atomic mass is 127. The van der Waals surface area contributed by atoms with Crippen LogP contribution in [0.25, 0.3) is 0 Å². The molecule has 2 unspecified atom stereocenters. The fourth-order valence-electron chi connectivity index (χ4n) is 2.29. The Hall–Kier alpha value is 0.340. The van der Waals surface area contributed by atoms with Crippen molar-refractivity contribution in [3.63, 3.8) is 0 Å². The Labute approximate surface area is 142 Å². The van der Waals surface area contributed by atoms with Gasteiger partial charge in [0, 0.05) is 13.0 Å². The molecule has 1 aliphatic rings. The van der Waals surface area contributed by atoms with Gasteiger partial charge in [0.2, 0.25) is 0 Å². The topological polar surface area (TPSA) is 18.5 Å². The van der Waals surface area contributed by atoms with Crippen LogP contribution in [0.15, 0.2) is 37.5 Å². The Morgan fingerprint density at radius 1 is 1.32 bits per heavy atom. The van der Waals surface area contributed by atoms with Gasteiger partial charge in [-0.15, -0.1) is 0 Å². The van der Waals surface area contributed by atoms with E-state index in [9.17, 15) is 0 Å². The highest BCUT2D eigenvalue weighted by Gasteiger charge is 2.31. The Bertz CT molecular complexity index is 427. The van der Waals surface area contributed by atoms with E-state index in [2.05, 4.69) is 75.5 Å². The summed E-state index contributed by atoms with van der Waals surface area (Å²) in [6.45, 7) is 2.72. The van der Waals surface area contributed by atoms with Crippen LogP contribution in [-0.2, 0) is 15.9 Å². The Morgan fingerprint density at radius 3 is 2.68 bits per heavy atom. The van der Waals surface area contributed by atoms with E-state index in [1.54, 1.807) is 0 Å². The molecule has 1 heterocycles. The Balaban J connectivity index is 1.96. The number of benzene rings is 1. The molecule has 104 valence electrons. The van der Waals surface area contributed by atoms with E-state index < -0.39 is 0 Å². The molecule has 1 saturated heterocycles. The number of rotatable bonds is 5. The van der Waals surface area contributed by atoms with Gasteiger partial charge in [0.05, 0.1) is 7.69 Å². The zero-order chi connectivity index (χ0) is 13.7. The van der Waals surface area contributed by atoms with Crippen molar-refractivity contribution in [3.8, 4) is 0 Å². The van der Waals surface area contributed by atoms with E-state index in [4.69, 9.17) is 9.47 Å². The molecule has 0 aromatic heterocycles. The molecule has 0 bridgehead atoms. The van der Waals surface area contributed by atoms with Crippen LogP contribution >= 0.6 is 45.2 Å². The molecule has 2 rings (SSSR count). The summed E-state index contributed by atoms with van der Waals surface area (Å²) in [4.78, 5) is 0. The summed E-state index contributed by atoms with van der Waals surface area (Å²) in [5.41, 5.74) is 2.77. The van der Waals surface area contributed by atoms with E-state index in [1.165, 1.54) is 12.7 Å². The average molecular weight is 484 g/mol. The van der Waals surface area contributed by atoms with Crippen molar-refractivity contribution in [1.82, 2.24) is 0 Å². The van der Waals surface area contributed by atoms with E-state index >= 15 is 0 Å². The zero-order valence-electron chi connectivity index (χ0n) is 10.9. The molecule has 1 aromatic rings. The van der Waals surface area contributed by atoms with Gasteiger partial charge in [-0.05, 0) is 76.1 Å². The van der Waals surface area contributed by atoms with Gasteiger partial charge in [-0.3, -0.25) is 0 Å². The second-order valence-corrected chi connectivity index (χ2v) is 8.75. The van der Waals surface area contributed by atoms with Crippen molar-refractivity contribution in [2.45, 2.75) is 38.6 Å². The van der Waals surface area contributed by atoms with Crippen molar-refractivity contribution in [2.24, 2.45) is 0 Å². The van der Waals surface area contributed by atoms with Crippen LogP contribution in [0.3, 0.4) is 0 Å². The van der Waals surface area contributed by atoms with Gasteiger partial charge in [0.1, 0.15) is 0 Å². The van der Waals surface area contributed by atoms with E-state index in [1.807, 2.05) is 6.92 Å². The van der Waals surface area contributed by atoms with Gasteiger partial charge in [-0.2, -0.15) is 0 Å². The normalized spacial score (nSPS) is 22.8. The molecule has 0 N–H and O–H groups in total. The lowest BCUT2D eigenvalue weighted by Crippen LogP contribution is -2.15. The number of ether oxygens (including phenoxy) is 2. The average Bonchev–Trinajstić information content (AvgIpc) is 2.81. The third-order valence-corrected chi connectivity index (χ3v) is 4.61. The predicted octanol–water partition coefficient (Wildman–Crippen LogP) is 4.85. The van der Waals surface area contributed by atoms with Crippen LogP contribution in [0.4, 0.5) is 0 Å². The van der Waals surface area contributed by atoms with Crippen LogP contribution in [0, 0.1) is 0 Å². The SMILES string of the molecule is CCOC1CC(=C(I)I)C(CCc2ccccc2)O1. The lowest BCUT2D eigenvalue weighted by molar-refractivity contribution is -0.130. The molecule has 0 amide bonds. The molecular weight excluding hydrogens is 466 g/mol. The number of aryl methyl sites for hydroxylation is 1. The Morgan fingerprint density at radius 2 is 2.05 bits per heavy atom. The molecule has 0 spiro atoms. The molecule has 0 aliphatic carbocycles. The summed E-state index contributed by atoms with van der Waals surface area (Å²) in [7, 11) is 0. The summed E-state index contributed by atoms with van der Waals surface area (Å²) in [6, 6.07) is 10.6. The fraction of sp³-hybridized carbons (Fsp3) is 0.467. The highest BCUT2D eigenvalue weighted by Crippen LogP contribution is 2.36. The standard InChI is InChI=1S/C15H18I2O2/c1-2-18-14-10-12(15(16)17)13(19-14)9-8-11-6-4-3-5-7-11/h3-7,13-14H,2,8-10H2,1H3. The van der Waals surface area contributed by atoms with Crippen LogP contribution in [-0.4, -0.2) is 19.0 Å². The van der Waals surface area contributed by atoms with E-state index in [-0.39, 0.29) is 12.4 Å². The lowest BCUT2D eigenvalue weighted by Gasteiger charge is -2.14. The minimum Gasteiger partial charge on any atom is -0.353 e. The van der Waals surface area contributed by atoms with Gasteiger partial charge in [-0.1, -0.05) is 30.3 Å². The van der Waals surface area contributed by atoms with Crippen LogP contribution in [0.5, 0.6) is 0 Å². The first kappa shape index (κ1) is 15.7. The summed E-state index contributed by atoms with van der Waals surface area (Å²) < 4.78 is 12.9. The quantitative estimate of drug-likeness (QED) is 0.557. The van der Waals surface area contributed by atoms with Crippen molar-refractivity contribution in [1.29, 1.82) is 0 Å². The van der Waals surface area contributed by atoms with Gasteiger partial charge >= 0.3 is 0 Å². The van der Waals surface area contributed by atoms with Crippen molar-refractivity contribution < 1.29 is 9.47 Å². The van der Waals surface area contributed by atoms with Gasteiger partial charge < -0.3 is 9.47 Å². The summed E-state index contributed by atoms with van der Waals surface area (Å²) in [5.74, 6) is 0. The van der Waals surface area contributed by atoms with Crippen molar-refractivity contribution in [2.75, 3.05) is 6.61 Å². The molecule has 0 saturated carbocycles. The van der Waals surface area contributed by atoms with E-state index in [0.717, 1.165) is 19.3 Å². The first-order valence-corrected chi connectivity index (χ1v) is 8.71. The molecule has 1 aromatic carbocycles. The minimum atomic E-state index is -0.0553. The van der Waals surface area contributed by atoms with Crippen molar-refractivity contribution >= 4 is 45.2 Å². The smallest absolute Gasteiger partial charge is 0.162 e. The van der Waals surface area contributed by atoms with Crippen molar-refractivity contribution in [3.05, 3.63) is 43.1 Å². The maximum atomic E-state index is 6.01. The van der Waals surface area contributed by atoms with Crippen LogP contribution in [0.2, 0.25) is 0 Å². The maximum absolute atomic E-state index is 6.01. The molecule has 19 heavy (non-hydrogen) atoms. The first-order chi connectivity index (χ1) is 9.20. The first-order valence-electron chi connectivity index (χ1n) is 6.55. The lowest BCUT2D eigenvalue weighted by atomic mass is 10.0. The van der Waals surface area contributed by atoms with Crippen LogP contribution < -0.4 is 0 Å². The summed E-state index contributed by atoms with van der Waals surface area (Å²) in [6.07, 6.45) is 3.14. The number of hydrogen-bond donors (Lipinski definition) is 0. The van der Waals surface area contributed by atoms with Gasteiger partial charge in [0.25, 0.3) is 0 Å². The third kappa shape index (κ3) is 4.68. The van der Waals surface area contributed by atoms with E-state index in [0.29, 0.717) is 6.61 Å². The molecule has 0 radical (unpaired) electrons. The summed E-state index contributed by atoms with van der Waals surface area (Å²) >= 11 is 4.77. The monoisotopic (exact) mass is 484 g/mol. The number of hydrogen-bond acceptors (Lipinski definition) is 2. The summed E-state index contributed by atoms with van der Waals surface area (Å²) in [5, 5.41) is 0. The maximum Gasteiger partial charge on any atom is 0.162 e. The predicted molar refractivity (Wildman–Crippen MR) is 94.7 cm³/mol. The highest BCUT2D eigenvalue weighted by molar-refractivity contribution is 14.2.